The van der Waals surface area contributed by atoms with Gasteiger partial charge in [-0.3, -0.25) is 9.48 Å². The first-order valence-electron chi connectivity index (χ1n) is 8.83. The molecule has 2 N–H and O–H groups in total. The van der Waals surface area contributed by atoms with Gasteiger partial charge in [-0.15, -0.1) is 0 Å². The third-order valence-corrected chi connectivity index (χ3v) is 4.67. The normalized spacial score (nSPS) is 17.7. The molecule has 1 aliphatic rings. The van der Waals surface area contributed by atoms with E-state index in [1.165, 1.54) is 0 Å². The van der Waals surface area contributed by atoms with E-state index in [1.54, 1.807) is 10.9 Å². The van der Waals surface area contributed by atoms with E-state index in [2.05, 4.69) is 15.7 Å². The topological polar surface area (TPSA) is 68.2 Å². The number of aromatic nitrogens is 2. The van der Waals surface area contributed by atoms with Gasteiger partial charge >= 0.3 is 0 Å². The summed E-state index contributed by atoms with van der Waals surface area (Å²) in [6.45, 7) is 6.07. The Balaban J connectivity index is 1.62. The highest BCUT2D eigenvalue weighted by atomic mass is 16.5. The number of rotatable bonds is 6. The summed E-state index contributed by atoms with van der Waals surface area (Å²) in [5, 5.41) is 10.7. The quantitative estimate of drug-likeness (QED) is 0.841. The van der Waals surface area contributed by atoms with Gasteiger partial charge in [0.05, 0.1) is 6.54 Å². The van der Waals surface area contributed by atoms with Crippen molar-refractivity contribution >= 4 is 5.91 Å². The Labute approximate surface area is 148 Å². The van der Waals surface area contributed by atoms with Gasteiger partial charge in [-0.25, -0.2) is 0 Å². The monoisotopic (exact) mass is 342 g/mol. The number of nitrogens with one attached hydrogen (secondary N) is 2. The molecular weight excluding hydrogens is 316 g/mol. The maximum Gasteiger partial charge on any atom is 0.248 e. The molecule has 0 spiro atoms. The van der Waals surface area contributed by atoms with Crippen molar-refractivity contribution in [1.82, 2.24) is 20.4 Å². The second-order valence-corrected chi connectivity index (χ2v) is 6.69. The van der Waals surface area contributed by atoms with Crippen LogP contribution in [-0.4, -0.2) is 41.4 Å². The molecule has 2 heterocycles. The fourth-order valence-electron chi connectivity index (χ4n) is 3.29. The van der Waals surface area contributed by atoms with E-state index in [0.717, 1.165) is 37.2 Å². The summed E-state index contributed by atoms with van der Waals surface area (Å²) < 4.78 is 7.71. The molecule has 1 fully saturated rings. The maximum absolute atomic E-state index is 13.0. The number of ether oxygens (including phenoxy) is 1. The van der Waals surface area contributed by atoms with Crippen molar-refractivity contribution < 1.29 is 9.53 Å². The van der Waals surface area contributed by atoms with Gasteiger partial charge in [0.1, 0.15) is 17.4 Å². The summed E-state index contributed by atoms with van der Waals surface area (Å²) in [5.41, 5.74) is 0.540. The summed E-state index contributed by atoms with van der Waals surface area (Å²) in [7, 11) is 0. The van der Waals surface area contributed by atoms with Crippen molar-refractivity contribution in [3.05, 3.63) is 48.3 Å². The highest BCUT2D eigenvalue weighted by molar-refractivity contribution is 5.84. The average Bonchev–Trinajstić information content (AvgIpc) is 3.15. The highest BCUT2D eigenvalue weighted by Crippen LogP contribution is 2.27. The first-order valence-corrected chi connectivity index (χ1v) is 8.83. The van der Waals surface area contributed by atoms with Gasteiger partial charge in [0.2, 0.25) is 5.91 Å². The largest absolute Gasteiger partial charge is 0.489 e. The van der Waals surface area contributed by atoms with E-state index in [4.69, 9.17) is 4.74 Å². The minimum atomic E-state index is -0.613. The number of amides is 1. The zero-order chi connectivity index (χ0) is 17.7. The Morgan fingerprint density at radius 2 is 2.20 bits per heavy atom. The minimum Gasteiger partial charge on any atom is -0.489 e. The van der Waals surface area contributed by atoms with Crippen LogP contribution in [0.3, 0.4) is 0 Å². The number of aryl methyl sites for hydroxylation is 1. The molecule has 1 atom stereocenters. The van der Waals surface area contributed by atoms with Gasteiger partial charge in [-0.1, -0.05) is 12.1 Å². The van der Waals surface area contributed by atoms with Crippen LogP contribution < -0.4 is 15.4 Å². The number of hydrogen-bond donors (Lipinski definition) is 2. The van der Waals surface area contributed by atoms with E-state index in [0.29, 0.717) is 6.54 Å². The SMILES string of the molecule is Cc1cccc(OC(C)CNC(=O)C2(n3cccn3)CCNCC2)c1. The van der Waals surface area contributed by atoms with Gasteiger partial charge in [0.25, 0.3) is 0 Å². The number of piperidine rings is 1. The Morgan fingerprint density at radius 3 is 2.88 bits per heavy atom. The lowest BCUT2D eigenvalue weighted by Gasteiger charge is -2.36. The first-order chi connectivity index (χ1) is 12.1. The van der Waals surface area contributed by atoms with E-state index < -0.39 is 5.54 Å². The second kappa shape index (κ2) is 7.70. The lowest BCUT2D eigenvalue weighted by molar-refractivity contribution is -0.132. The molecule has 6 nitrogen and oxygen atoms in total. The second-order valence-electron chi connectivity index (χ2n) is 6.69. The number of carbonyl (C=O) groups excluding carboxylic acids is 1. The van der Waals surface area contributed by atoms with E-state index in [-0.39, 0.29) is 12.0 Å². The zero-order valence-corrected chi connectivity index (χ0v) is 14.9. The summed E-state index contributed by atoms with van der Waals surface area (Å²) in [5.74, 6) is 0.836. The molecule has 3 rings (SSSR count). The number of nitrogens with zero attached hydrogens (tertiary/aromatic N) is 2. The zero-order valence-electron chi connectivity index (χ0n) is 14.9. The van der Waals surface area contributed by atoms with Crippen LogP contribution in [0.5, 0.6) is 5.75 Å². The van der Waals surface area contributed by atoms with E-state index in [1.807, 2.05) is 50.4 Å². The summed E-state index contributed by atoms with van der Waals surface area (Å²) >= 11 is 0. The molecule has 0 saturated carbocycles. The van der Waals surface area contributed by atoms with Crippen molar-refractivity contribution in [3.8, 4) is 5.75 Å². The van der Waals surface area contributed by atoms with Crippen LogP contribution in [0.2, 0.25) is 0 Å². The van der Waals surface area contributed by atoms with Crippen molar-refractivity contribution in [1.29, 1.82) is 0 Å². The molecule has 25 heavy (non-hydrogen) atoms. The lowest BCUT2D eigenvalue weighted by Crippen LogP contribution is -2.55. The molecule has 0 bridgehead atoms. The Morgan fingerprint density at radius 1 is 1.40 bits per heavy atom. The average molecular weight is 342 g/mol. The fraction of sp³-hybridized carbons (Fsp3) is 0.474. The van der Waals surface area contributed by atoms with Crippen molar-refractivity contribution in [2.75, 3.05) is 19.6 Å². The van der Waals surface area contributed by atoms with Gasteiger partial charge in [-0.2, -0.15) is 5.10 Å². The van der Waals surface area contributed by atoms with Crippen LogP contribution in [0.25, 0.3) is 0 Å². The van der Waals surface area contributed by atoms with Gasteiger partial charge in [0, 0.05) is 12.4 Å². The van der Waals surface area contributed by atoms with Gasteiger partial charge in [0.15, 0.2) is 0 Å². The standard InChI is InChI=1S/C19H26N4O2/c1-15-5-3-6-17(13-15)25-16(2)14-21-18(24)19(7-10-20-11-8-19)23-12-4-9-22-23/h3-6,9,12-13,16,20H,7-8,10-11,14H2,1-2H3,(H,21,24). The van der Waals surface area contributed by atoms with Crippen molar-refractivity contribution in [2.45, 2.75) is 38.3 Å². The van der Waals surface area contributed by atoms with Crippen LogP contribution in [0.15, 0.2) is 42.7 Å². The maximum atomic E-state index is 13.0. The predicted molar refractivity (Wildman–Crippen MR) is 96.6 cm³/mol. The molecule has 1 aliphatic heterocycles. The van der Waals surface area contributed by atoms with Crippen LogP contribution in [0, 0.1) is 6.92 Å². The number of carbonyl (C=O) groups is 1. The molecule has 6 heteroatoms. The minimum absolute atomic E-state index is 0.0115. The van der Waals surface area contributed by atoms with E-state index in [9.17, 15) is 4.79 Å². The number of hydrogen-bond acceptors (Lipinski definition) is 4. The third kappa shape index (κ3) is 4.02. The summed E-state index contributed by atoms with van der Waals surface area (Å²) in [6, 6.07) is 9.79. The molecule has 134 valence electrons. The predicted octanol–water partition coefficient (Wildman–Crippen LogP) is 1.85. The molecule has 0 radical (unpaired) electrons. The Hall–Kier alpha value is -2.34. The first kappa shape index (κ1) is 17.5. The molecular formula is C19H26N4O2. The van der Waals surface area contributed by atoms with Gasteiger partial charge < -0.3 is 15.4 Å². The van der Waals surface area contributed by atoms with Crippen LogP contribution >= 0.6 is 0 Å². The Kier molecular flexibility index (Phi) is 5.38. The number of benzene rings is 1. The van der Waals surface area contributed by atoms with Crippen molar-refractivity contribution in [2.24, 2.45) is 0 Å². The molecule has 1 unspecified atom stereocenters. The molecule has 1 aromatic heterocycles. The molecule has 1 saturated heterocycles. The Bertz CT molecular complexity index is 693. The molecule has 1 aromatic carbocycles. The molecule has 1 amide bonds. The van der Waals surface area contributed by atoms with Crippen LogP contribution in [0.4, 0.5) is 0 Å². The van der Waals surface area contributed by atoms with Crippen LogP contribution in [0.1, 0.15) is 25.3 Å². The van der Waals surface area contributed by atoms with Crippen LogP contribution in [-0.2, 0) is 10.3 Å². The third-order valence-electron chi connectivity index (χ3n) is 4.67. The highest BCUT2D eigenvalue weighted by Gasteiger charge is 2.41. The smallest absolute Gasteiger partial charge is 0.248 e. The molecule has 2 aromatic rings. The fourth-order valence-corrected chi connectivity index (χ4v) is 3.29. The summed E-state index contributed by atoms with van der Waals surface area (Å²) in [6.07, 6.45) is 4.95. The molecule has 0 aliphatic carbocycles. The van der Waals surface area contributed by atoms with Gasteiger partial charge in [-0.05, 0) is 63.5 Å². The van der Waals surface area contributed by atoms with Crippen molar-refractivity contribution in [3.63, 3.8) is 0 Å². The summed E-state index contributed by atoms with van der Waals surface area (Å²) in [4.78, 5) is 13.0. The lowest BCUT2D eigenvalue weighted by atomic mass is 9.87. The van der Waals surface area contributed by atoms with E-state index >= 15 is 0 Å².